The van der Waals surface area contributed by atoms with Crippen LogP contribution in [0.1, 0.15) is 18.1 Å². The summed E-state index contributed by atoms with van der Waals surface area (Å²) in [6, 6.07) is 8.01. The van der Waals surface area contributed by atoms with Gasteiger partial charge in [0.25, 0.3) is 0 Å². The molecule has 5 heteroatoms. The zero-order chi connectivity index (χ0) is 13.2. The normalized spacial score (nSPS) is 24.7. The van der Waals surface area contributed by atoms with E-state index in [-0.39, 0.29) is 5.25 Å². The van der Waals surface area contributed by atoms with Gasteiger partial charge in [-0.05, 0) is 19.4 Å². The van der Waals surface area contributed by atoms with E-state index in [2.05, 4.69) is 5.32 Å². The summed E-state index contributed by atoms with van der Waals surface area (Å²) >= 11 is 0. The van der Waals surface area contributed by atoms with Crippen LogP contribution in [-0.2, 0) is 16.6 Å². The molecule has 1 N–H and O–H groups in total. The summed E-state index contributed by atoms with van der Waals surface area (Å²) in [5.41, 5.74) is 2.21. The quantitative estimate of drug-likeness (QED) is 0.874. The Bertz CT molecular complexity index is 513. The Labute approximate surface area is 109 Å². The molecule has 1 fully saturated rings. The average Bonchev–Trinajstić information content (AvgIpc) is 2.42. The molecule has 0 amide bonds. The summed E-state index contributed by atoms with van der Waals surface area (Å²) in [5, 5.41) is 2.80. The molecule has 1 heterocycles. The van der Waals surface area contributed by atoms with Gasteiger partial charge in [0.1, 0.15) is 0 Å². The molecule has 18 heavy (non-hydrogen) atoms. The number of rotatable bonds is 2. The van der Waals surface area contributed by atoms with Gasteiger partial charge < -0.3 is 5.32 Å². The lowest BCUT2D eigenvalue weighted by Crippen LogP contribution is -2.37. The van der Waals surface area contributed by atoms with Crippen molar-refractivity contribution in [2.45, 2.75) is 25.6 Å². The summed E-state index contributed by atoms with van der Waals surface area (Å²) in [4.78, 5) is 0. The maximum absolute atomic E-state index is 12.3. The fourth-order valence-corrected chi connectivity index (χ4v) is 3.69. The Morgan fingerprint density at radius 3 is 2.94 bits per heavy atom. The van der Waals surface area contributed by atoms with Crippen molar-refractivity contribution in [2.75, 3.05) is 19.6 Å². The first-order valence-corrected chi connectivity index (χ1v) is 7.75. The van der Waals surface area contributed by atoms with Crippen LogP contribution in [0.25, 0.3) is 0 Å². The molecule has 1 aliphatic rings. The average molecular weight is 268 g/mol. The molecule has 1 saturated heterocycles. The summed E-state index contributed by atoms with van der Waals surface area (Å²) in [6.07, 6.45) is 0. The van der Waals surface area contributed by atoms with Crippen molar-refractivity contribution < 1.29 is 8.42 Å². The number of hydrogen-bond acceptors (Lipinski definition) is 3. The fourth-order valence-electron chi connectivity index (χ4n) is 2.18. The topological polar surface area (TPSA) is 49.4 Å². The predicted octanol–water partition coefficient (Wildman–Crippen LogP) is 1.12. The summed E-state index contributed by atoms with van der Waals surface area (Å²) in [7, 11) is -3.18. The van der Waals surface area contributed by atoms with E-state index < -0.39 is 10.0 Å². The first-order chi connectivity index (χ1) is 8.50. The van der Waals surface area contributed by atoms with Gasteiger partial charge in [-0.15, -0.1) is 0 Å². The van der Waals surface area contributed by atoms with Crippen molar-refractivity contribution in [2.24, 2.45) is 0 Å². The van der Waals surface area contributed by atoms with Crippen LogP contribution in [0.3, 0.4) is 0 Å². The molecular formula is C13H20N2O2S. The van der Waals surface area contributed by atoms with E-state index in [0.29, 0.717) is 19.6 Å². The zero-order valence-corrected chi connectivity index (χ0v) is 11.7. The highest BCUT2D eigenvalue weighted by molar-refractivity contribution is 7.89. The molecule has 1 atom stereocenters. The van der Waals surface area contributed by atoms with Crippen molar-refractivity contribution >= 4 is 10.0 Å². The number of nitrogens with one attached hydrogen (secondary N) is 1. The first-order valence-electron chi connectivity index (χ1n) is 6.25. The number of sulfonamides is 1. The Hall–Kier alpha value is -0.910. The Balaban J connectivity index is 2.21. The second-order valence-corrected chi connectivity index (χ2v) is 7.23. The summed E-state index contributed by atoms with van der Waals surface area (Å²) in [5.74, 6) is 0. The van der Waals surface area contributed by atoms with E-state index in [1.165, 1.54) is 0 Å². The van der Waals surface area contributed by atoms with Gasteiger partial charge in [-0.1, -0.05) is 29.8 Å². The maximum Gasteiger partial charge on any atom is 0.218 e. The van der Waals surface area contributed by atoms with E-state index >= 15 is 0 Å². The van der Waals surface area contributed by atoms with Gasteiger partial charge in [0, 0.05) is 26.2 Å². The molecule has 1 aromatic rings. The molecule has 0 aliphatic carbocycles. The van der Waals surface area contributed by atoms with Crippen LogP contribution in [0.15, 0.2) is 24.3 Å². The molecular weight excluding hydrogens is 248 g/mol. The third-order valence-corrected chi connectivity index (χ3v) is 5.49. The molecule has 2 rings (SSSR count). The lowest BCUT2D eigenvalue weighted by Gasteiger charge is -2.22. The van der Waals surface area contributed by atoms with Crippen LogP contribution >= 0.6 is 0 Å². The lowest BCUT2D eigenvalue weighted by molar-refractivity contribution is 0.413. The lowest BCUT2D eigenvalue weighted by atomic mass is 10.1. The Morgan fingerprint density at radius 1 is 1.44 bits per heavy atom. The minimum Gasteiger partial charge on any atom is -0.314 e. The maximum atomic E-state index is 12.3. The smallest absolute Gasteiger partial charge is 0.218 e. The molecule has 0 radical (unpaired) electrons. The van der Waals surface area contributed by atoms with Crippen molar-refractivity contribution in [3.8, 4) is 0 Å². The summed E-state index contributed by atoms with van der Waals surface area (Å²) < 4.78 is 26.2. The number of benzene rings is 1. The molecule has 100 valence electrons. The molecule has 1 aromatic carbocycles. The minimum atomic E-state index is -3.18. The van der Waals surface area contributed by atoms with Crippen LogP contribution in [0, 0.1) is 6.92 Å². The van der Waals surface area contributed by atoms with Crippen LogP contribution in [0.4, 0.5) is 0 Å². The molecule has 1 unspecified atom stereocenters. The monoisotopic (exact) mass is 268 g/mol. The van der Waals surface area contributed by atoms with Crippen molar-refractivity contribution in [1.29, 1.82) is 0 Å². The standard InChI is InChI=1S/C13H20N2O2S/c1-11-4-3-5-13(8-11)10-15-7-6-14-9-12(2)18(15,16)17/h3-5,8,12,14H,6-7,9-10H2,1-2H3. The van der Waals surface area contributed by atoms with E-state index in [0.717, 1.165) is 17.7 Å². The van der Waals surface area contributed by atoms with Crippen molar-refractivity contribution in [3.05, 3.63) is 35.4 Å². The molecule has 0 spiro atoms. The van der Waals surface area contributed by atoms with Gasteiger partial charge in [0.15, 0.2) is 0 Å². The van der Waals surface area contributed by atoms with E-state index in [1.54, 1.807) is 11.2 Å². The molecule has 0 saturated carbocycles. The predicted molar refractivity (Wildman–Crippen MR) is 72.8 cm³/mol. The number of aryl methyl sites for hydroxylation is 1. The molecule has 0 aromatic heterocycles. The second-order valence-electron chi connectivity index (χ2n) is 4.88. The highest BCUT2D eigenvalue weighted by atomic mass is 32.2. The van der Waals surface area contributed by atoms with E-state index in [1.807, 2.05) is 31.2 Å². The van der Waals surface area contributed by atoms with Gasteiger partial charge in [0.05, 0.1) is 5.25 Å². The third-order valence-electron chi connectivity index (χ3n) is 3.28. The summed E-state index contributed by atoms with van der Waals surface area (Å²) in [6.45, 7) is 6.04. The van der Waals surface area contributed by atoms with Crippen LogP contribution in [0.5, 0.6) is 0 Å². The van der Waals surface area contributed by atoms with Gasteiger partial charge in [0.2, 0.25) is 10.0 Å². The van der Waals surface area contributed by atoms with Crippen molar-refractivity contribution in [1.82, 2.24) is 9.62 Å². The van der Waals surface area contributed by atoms with Gasteiger partial charge in [-0.2, -0.15) is 4.31 Å². The molecule has 1 aliphatic heterocycles. The SMILES string of the molecule is Cc1cccc(CN2CCNCC(C)S2(=O)=O)c1. The van der Waals surface area contributed by atoms with E-state index in [9.17, 15) is 8.42 Å². The van der Waals surface area contributed by atoms with Crippen LogP contribution < -0.4 is 5.32 Å². The van der Waals surface area contributed by atoms with Crippen molar-refractivity contribution in [3.63, 3.8) is 0 Å². The highest BCUT2D eigenvalue weighted by Crippen LogP contribution is 2.15. The molecule has 0 bridgehead atoms. The number of nitrogens with zero attached hydrogens (tertiary/aromatic N) is 1. The van der Waals surface area contributed by atoms with Gasteiger partial charge in [-0.3, -0.25) is 0 Å². The van der Waals surface area contributed by atoms with Crippen LogP contribution in [-0.4, -0.2) is 37.6 Å². The Morgan fingerprint density at radius 2 is 2.22 bits per heavy atom. The second kappa shape index (κ2) is 5.38. The zero-order valence-electron chi connectivity index (χ0n) is 10.9. The van der Waals surface area contributed by atoms with Crippen LogP contribution in [0.2, 0.25) is 0 Å². The fraction of sp³-hybridized carbons (Fsp3) is 0.538. The Kier molecular flexibility index (Phi) is 4.04. The molecule has 4 nitrogen and oxygen atoms in total. The minimum absolute atomic E-state index is 0.357. The van der Waals surface area contributed by atoms with Gasteiger partial charge in [-0.25, -0.2) is 8.42 Å². The number of hydrogen-bond donors (Lipinski definition) is 1. The van der Waals surface area contributed by atoms with E-state index in [4.69, 9.17) is 0 Å². The van der Waals surface area contributed by atoms with Gasteiger partial charge >= 0.3 is 0 Å². The largest absolute Gasteiger partial charge is 0.314 e. The highest BCUT2D eigenvalue weighted by Gasteiger charge is 2.30. The third kappa shape index (κ3) is 2.91. The first kappa shape index (κ1) is 13.5.